The van der Waals surface area contributed by atoms with Gasteiger partial charge in [0.05, 0.1) is 11.0 Å². The molecule has 4 heteroatoms. The molecule has 15 heavy (non-hydrogen) atoms. The van der Waals surface area contributed by atoms with Gasteiger partial charge in [-0.1, -0.05) is 12.1 Å². The molecule has 4 nitrogen and oxygen atoms in total. The van der Waals surface area contributed by atoms with Crippen LogP contribution in [-0.2, 0) is 0 Å². The monoisotopic (exact) mass is 199 g/mol. The van der Waals surface area contributed by atoms with Crippen molar-refractivity contribution in [1.29, 1.82) is 0 Å². The highest BCUT2D eigenvalue weighted by molar-refractivity contribution is 5.78. The van der Waals surface area contributed by atoms with Crippen LogP contribution in [0.4, 0.5) is 5.88 Å². The molecule has 3 N–H and O–H groups in total. The number of para-hydroxylation sites is 2. The van der Waals surface area contributed by atoms with Crippen LogP contribution in [-0.4, -0.2) is 9.97 Å². The molecule has 2 aromatic heterocycles. The minimum Gasteiger partial charge on any atom is -0.438 e. The molecule has 74 valence electrons. The largest absolute Gasteiger partial charge is 0.438 e. The zero-order chi connectivity index (χ0) is 10.3. The maximum atomic E-state index is 5.50. The van der Waals surface area contributed by atoms with Gasteiger partial charge < -0.3 is 15.1 Å². The van der Waals surface area contributed by atoms with E-state index in [-0.39, 0.29) is 0 Å². The molecule has 0 radical (unpaired) electrons. The van der Waals surface area contributed by atoms with Gasteiger partial charge in [0.1, 0.15) is 0 Å². The molecule has 3 rings (SSSR count). The van der Waals surface area contributed by atoms with Crippen LogP contribution >= 0.6 is 0 Å². The van der Waals surface area contributed by atoms with Crippen molar-refractivity contribution in [2.24, 2.45) is 0 Å². The summed E-state index contributed by atoms with van der Waals surface area (Å²) in [6.07, 6.45) is 0. The number of fused-ring (bicyclic) bond motifs is 1. The summed E-state index contributed by atoms with van der Waals surface area (Å²) in [6, 6.07) is 11.3. The lowest BCUT2D eigenvalue weighted by molar-refractivity contribution is 0.598. The number of nitrogen functional groups attached to an aromatic ring is 1. The molecule has 0 aliphatic rings. The van der Waals surface area contributed by atoms with E-state index in [9.17, 15) is 0 Å². The van der Waals surface area contributed by atoms with Crippen LogP contribution in [0, 0.1) is 0 Å². The number of furan rings is 1. The number of aromatic amines is 1. The van der Waals surface area contributed by atoms with Gasteiger partial charge in [0.2, 0.25) is 0 Å². The van der Waals surface area contributed by atoms with Crippen LogP contribution in [0.25, 0.3) is 22.6 Å². The number of imidazole rings is 1. The molecule has 0 aliphatic heterocycles. The third kappa shape index (κ3) is 1.27. The maximum Gasteiger partial charge on any atom is 0.191 e. The number of aromatic nitrogens is 2. The summed E-state index contributed by atoms with van der Waals surface area (Å²) in [5.74, 6) is 1.75. The quantitative estimate of drug-likeness (QED) is 0.632. The normalized spacial score (nSPS) is 10.9. The van der Waals surface area contributed by atoms with Crippen LogP contribution < -0.4 is 5.73 Å². The van der Waals surface area contributed by atoms with Crippen molar-refractivity contribution in [3.8, 4) is 11.6 Å². The summed E-state index contributed by atoms with van der Waals surface area (Å²) >= 11 is 0. The van der Waals surface area contributed by atoms with Gasteiger partial charge in [0.15, 0.2) is 17.5 Å². The number of hydrogen-bond acceptors (Lipinski definition) is 3. The summed E-state index contributed by atoms with van der Waals surface area (Å²) in [6.45, 7) is 0. The Balaban J connectivity index is 2.19. The summed E-state index contributed by atoms with van der Waals surface area (Å²) in [4.78, 5) is 7.56. The SMILES string of the molecule is Nc1ccc(-c2nc3ccccc3[nH]2)o1. The highest BCUT2D eigenvalue weighted by Gasteiger charge is 2.07. The fourth-order valence-electron chi connectivity index (χ4n) is 1.55. The fourth-order valence-corrected chi connectivity index (χ4v) is 1.55. The number of rotatable bonds is 1. The zero-order valence-corrected chi connectivity index (χ0v) is 7.90. The first-order valence-electron chi connectivity index (χ1n) is 4.63. The van der Waals surface area contributed by atoms with Crippen molar-refractivity contribution in [1.82, 2.24) is 9.97 Å². The number of hydrogen-bond donors (Lipinski definition) is 2. The second-order valence-electron chi connectivity index (χ2n) is 3.30. The molecule has 2 heterocycles. The number of benzene rings is 1. The molecule has 0 fully saturated rings. The van der Waals surface area contributed by atoms with E-state index in [2.05, 4.69) is 9.97 Å². The molecule has 0 atom stereocenters. The first-order valence-corrected chi connectivity index (χ1v) is 4.63. The second-order valence-corrected chi connectivity index (χ2v) is 3.30. The Hall–Kier alpha value is -2.23. The Labute approximate surface area is 85.7 Å². The summed E-state index contributed by atoms with van der Waals surface area (Å²) < 4.78 is 5.28. The molecule has 0 amide bonds. The molecule has 0 unspecified atom stereocenters. The van der Waals surface area contributed by atoms with Gasteiger partial charge in [-0.15, -0.1) is 0 Å². The van der Waals surface area contributed by atoms with Gasteiger partial charge in [-0.3, -0.25) is 0 Å². The topological polar surface area (TPSA) is 67.8 Å². The average Bonchev–Trinajstić information content (AvgIpc) is 2.82. The minimum atomic E-state index is 0.394. The zero-order valence-electron chi connectivity index (χ0n) is 7.90. The molecule has 0 aliphatic carbocycles. The molecule has 1 aromatic carbocycles. The van der Waals surface area contributed by atoms with Crippen molar-refractivity contribution in [2.45, 2.75) is 0 Å². The van der Waals surface area contributed by atoms with E-state index in [0.29, 0.717) is 17.5 Å². The third-order valence-corrected chi connectivity index (χ3v) is 2.25. The first kappa shape index (κ1) is 8.11. The van der Waals surface area contributed by atoms with Crippen LogP contribution in [0.1, 0.15) is 0 Å². The Kier molecular flexibility index (Phi) is 1.56. The molecule has 3 aromatic rings. The highest BCUT2D eigenvalue weighted by Crippen LogP contribution is 2.22. The van der Waals surface area contributed by atoms with Crippen LogP contribution in [0.3, 0.4) is 0 Å². The van der Waals surface area contributed by atoms with Crippen LogP contribution in [0.15, 0.2) is 40.8 Å². The number of nitrogens with one attached hydrogen (secondary N) is 1. The van der Waals surface area contributed by atoms with Gasteiger partial charge in [-0.05, 0) is 18.2 Å². The van der Waals surface area contributed by atoms with Crippen LogP contribution in [0.5, 0.6) is 0 Å². The Morgan fingerprint density at radius 1 is 1.13 bits per heavy atom. The number of anilines is 1. The maximum absolute atomic E-state index is 5.50. The van der Waals surface area contributed by atoms with Gasteiger partial charge in [-0.2, -0.15) is 0 Å². The predicted molar refractivity (Wildman–Crippen MR) is 58.2 cm³/mol. The third-order valence-electron chi connectivity index (χ3n) is 2.25. The first-order chi connectivity index (χ1) is 7.33. The lowest BCUT2D eigenvalue weighted by Crippen LogP contribution is -1.78. The molecule has 0 saturated carbocycles. The lowest BCUT2D eigenvalue weighted by Gasteiger charge is -1.87. The Bertz CT molecular complexity index is 576. The average molecular weight is 199 g/mol. The minimum absolute atomic E-state index is 0.394. The van der Waals surface area contributed by atoms with E-state index in [1.165, 1.54) is 0 Å². The van der Waals surface area contributed by atoms with Gasteiger partial charge in [0, 0.05) is 6.07 Å². The van der Waals surface area contributed by atoms with Gasteiger partial charge in [-0.25, -0.2) is 4.98 Å². The fraction of sp³-hybridized carbons (Fsp3) is 0. The molecular weight excluding hydrogens is 190 g/mol. The van der Waals surface area contributed by atoms with E-state index in [1.807, 2.05) is 24.3 Å². The number of nitrogens with zero attached hydrogens (tertiary/aromatic N) is 1. The second kappa shape index (κ2) is 2.88. The van der Waals surface area contributed by atoms with Crippen molar-refractivity contribution in [2.75, 3.05) is 5.73 Å². The number of nitrogens with two attached hydrogens (primary N) is 1. The number of H-pyrrole nitrogens is 1. The van der Waals surface area contributed by atoms with E-state index in [4.69, 9.17) is 10.2 Å². The van der Waals surface area contributed by atoms with Crippen LogP contribution in [0.2, 0.25) is 0 Å². The van der Waals surface area contributed by atoms with Gasteiger partial charge >= 0.3 is 0 Å². The smallest absolute Gasteiger partial charge is 0.191 e. The molecule has 0 spiro atoms. The Morgan fingerprint density at radius 3 is 2.73 bits per heavy atom. The van der Waals surface area contributed by atoms with Crippen molar-refractivity contribution in [3.05, 3.63) is 36.4 Å². The highest BCUT2D eigenvalue weighted by atomic mass is 16.4. The van der Waals surface area contributed by atoms with Gasteiger partial charge in [0.25, 0.3) is 0 Å². The van der Waals surface area contributed by atoms with Crippen molar-refractivity contribution in [3.63, 3.8) is 0 Å². The standard InChI is InChI=1S/C11H9N3O/c12-10-6-5-9(15-10)11-13-7-3-1-2-4-8(7)14-11/h1-6H,12H2,(H,13,14). The van der Waals surface area contributed by atoms with E-state index >= 15 is 0 Å². The van der Waals surface area contributed by atoms with E-state index in [1.54, 1.807) is 12.1 Å². The summed E-state index contributed by atoms with van der Waals surface area (Å²) in [7, 11) is 0. The predicted octanol–water partition coefficient (Wildman–Crippen LogP) is 2.41. The Morgan fingerprint density at radius 2 is 2.00 bits per heavy atom. The summed E-state index contributed by atoms with van der Waals surface area (Å²) in [5.41, 5.74) is 7.41. The molecule has 0 bridgehead atoms. The van der Waals surface area contributed by atoms with E-state index in [0.717, 1.165) is 11.0 Å². The van der Waals surface area contributed by atoms with Crippen molar-refractivity contribution < 1.29 is 4.42 Å². The summed E-state index contributed by atoms with van der Waals surface area (Å²) in [5, 5.41) is 0. The lowest BCUT2D eigenvalue weighted by atomic mass is 10.3. The molecule has 0 saturated heterocycles. The van der Waals surface area contributed by atoms with E-state index < -0.39 is 0 Å². The van der Waals surface area contributed by atoms with Crippen molar-refractivity contribution >= 4 is 16.9 Å². The molecular formula is C11H9N3O.